The molecule has 2 aliphatic heterocycles. The summed E-state index contributed by atoms with van der Waals surface area (Å²) in [4.78, 5) is 113. The number of hydrazine groups is 1. The maximum Gasteiger partial charge on any atom is 0.245 e. The van der Waals surface area contributed by atoms with Crippen LogP contribution in [0.1, 0.15) is 136 Å². The van der Waals surface area contributed by atoms with Gasteiger partial charge in [0.2, 0.25) is 47.3 Å². The van der Waals surface area contributed by atoms with Crippen molar-refractivity contribution in [1.82, 2.24) is 41.7 Å². The number of carbonyl (C=O) groups excluding carboxylic acids is 8. The van der Waals surface area contributed by atoms with Gasteiger partial charge in [-0.05, 0) is 180 Å². The van der Waals surface area contributed by atoms with Crippen LogP contribution in [0, 0.1) is 0 Å². The lowest BCUT2D eigenvalue weighted by Crippen LogP contribution is -2.56. The van der Waals surface area contributed by atoms with Crippen molar-refractivity contribution in [2.75, 3.05) is 37.5 Å². The number of likely N-dealkylation sites (N-methyl/N-ethyl adjacent to an activating group) is 2. The zero-order valence-electron chi connectivity index (χ0n) is 46.4. The Hall–Kier alpha value is -7.48. The zero-order chi connectivity index (χ0) is 56.6. The summed E-state index contributed by atoms with van der Waals surface area (Å²) >= 11 is 0. The van der Waals surface area contributed by atoms with Gasteiger partial charge in [0.15, 0.2) is 0 Å². The summed E-state index contributed by atoms with van der Waals surface area (Å²) in [5.74, 6) is 3.57. The Morgan fingerprint density at radius 2 is 1.07 bits per heavy atom. The van der Waals surface area contributed by atoms with Gasteiger partial charge >= 0.3 is 0 Å². The highest BCUT2D eigenvalue weighted by atomic mass is 16.2. The van der Waals surface area contributed by atoms with Crippen LogP contribution >= 0.6 is 0 Å². The normalized spacial score (nSPS) is 20.4. The van der Waals surface area contributed by atoms with Gasteiger partial charge in [-0.3, -0.25) is 38.4 Å². The highest BCUT2D eigenvalue weighted by Gasteiger charge is 2.41. The van der Waals surface area contributed by atoms with E-state index in [1.54, 1.807) is 45.0 Å². The van der Waals surface area contributed by atoms with Crippen LogP contribution in [-0.4, -0.2) is 120 Å². The minimum Gasteiger partial charge on any atom is -0.347 e. The highest BCUT2D eigenvalue weighted by molar-refractivity contribution is 5.98. The van der Waals surface area contributed by atoms with Crippen LogP contribution in [0.5, 0.6) is 0 Å². The van der Waals surface area contributed by atoms with E-state index in [0.29, 0.717) is 56.6 Å². The molecule has 2 saturated heterocycles. The second-order valence-electron chi connectivity index (χ2n) is 22.1. The Labute approximate surface area is 468 Å². The van der Waals surface area contributed by atoms with E-state index < -0.39 is 65.8 Å². The number of likely N-dealkylation sites (tertiary alicyclic amines) is 2. The molecule has 2 fully saturated rings. The maximum absolute atomic E-state index is 14.4. The molecule has 0 saturated carbocycles. The Balaban J connectivity index is 0.802. The summed E-state index contributed by atoms with van der Waals surface area (Å²) < 4.78 is 0. The van der Waals surface area contributed by atoms with Gasteiger partial charge in [-0.25, -0.2) is 10.9 Å². The van der Waals surface area contributed by atoms with Crippen LogP contribution in [0.25, 0.3) is 11.1 Å². The summed E-state index contributed by atoms with van der Waals surface area (Å²) in [6, 6.07) is 22.2. The summed E-state index contributed by atoms with van der Waals surface area (Å²) in [5, 5.41) is 21.9. The van der Waals surface area contributed by atoms with Crippen molar-refractivity contribution >= 4 is 58.6 Å². The number of hydrogen-bond acceptors (Lipinski definition) is 11. The number of nitrogens with two attached hydrogens (primary N) is 1. The third kappa shape index (κ3) is 12.9. The van der Waals surface area contributed by atoms with Crippen molar-refractivity contribution in [1.29, 1.82) is 0 Å². The SMILES string of the molecule is CN[C@@H](C)C(=O)N[C@@H](CCC(=O)Nc1ccc2c(c1)Cc1cc(N(N)C(=O)CC[C@H](NC(=O)[C@H](C)NC)C(=O)N3CCC[C@H]3C(=O)N[C@@H]3CCCc4ccccc43)ccc1-2)C(=O)N1CCC[C@H]1C(=O)N[C@@H]1CCCc2ccccc21. The zero-order valence-corrected chi connectivity index (χ0v) is 46.4. The fourth-order valence-electron chi connectivity index (χ4n) is 12.2. The summed E-state index contributed by atoms with van der Waals surface area (Å²) in [7, 11) is 3.28. The lowest BCUT2D eigenvalue weighted by atomic mass is 9.87. The highest BCUT2D eigenvalue weighted by Crippen LogP contribution is 2.40. The molecule has 9 rings (SSSR count). The van der Waals surface area contributed by atoms with E-state index in [0.717, 1.165) is 76.9 Å². The van der Waals surface area contributed by atoms with E-state index in [1.165, 1.54) is 16.0 Å². The first-order valence-corrected chi connectivity index (χ1v) is 28.6. The van der Waals surface area contributed by atoms with Gasteiger partial charge in [-0.15, -0.1) is 0 Å². The van der Waals surface area contributed by atoms with E-state index in [4.69, 9.17) is 5.84 Å². The third-order valence-corrected chi connectivity index (χ3v) is 16.9. The summed E-state index contributed by atoms with van der Waals surface area (Å²) in [6.45, 7) is 4.05. The first kappa shape index (κ1) is 57.2. The molecule has 0 aromatic heterocycles. The first-order chi connectivity index (χ1) is 38.6. The molecule has 9 N–H and O–H groups in total. The van der Waals surface area contributed by atoms with E-state index in [-0.39, 0.29) is 55.5 Å². The van der Waals surface area contributed by atoms with Crippen LogP contribution in [0.4, 0.5) is 11.4 Å². The van der Waals surface area contributed by atoms with Crippen molar-refractivity contribution in [3.63, 3.8) is 0 Å². The second-order valence-corrected chi connectivity index (χ2v) is 22.1. The molecule has 8 atom stereocenters. The van der Waals surface area contributed by atoms with Gasteiger partial charge in [-0.1, -0.05) is 60.7 Å². The molecule has 0 unspecified atom stereocenters. The quantitative estimate of drug-likeness (QED) is 0.0306. The molecule has 80 heavy (non-hydrogen) atoms. The van der Waals surface area contributed by atoms with Crippen molar-refractivity contribution in [2.45, 2.75) is 158 Å². The molecular formula is C61H77N11O8. The van der Waals surface area contributed by atoms with E-state index >= 15 is 0 Å². The number of rotatable bonds is 20. The molecule has 0 radical (unpaired) electrons. The van der Waals surface area contributed by atoms with Gasteiger partial charge in [0, 0.05) is 31.6 Å². The topological polar surface area (TPSA) is 257 Å². The number of hydrogen-bond donors (Lipinski definition) is 8. The van der Waals surface area contributed by atoms with Gasteiger partial charge in [0.25, 0.3) is 0 Å². The second kappa shape index (κ2) is 25.8. The van der Waals surface area contributed by atoms with Crippen molar-refractivity contribution in [3.05, 3.63) is 118 Å². The van der Waals surface area contributed by atoms with Crippen molar-refractivity contribution in [2.24, 2.45) is 5.84 Å². The van der Waals surface area contributed by atoms with Gasteiger partial charge in [0.05, 0.1) is 29.9 Å². The van der Waals surface area contributed by atoms with E-state index in [9.17, 15) is 38.4 Å². The molecule has 0 spiro atoms. The Bertz CT molecular complexity index is 3000. The van der Waals surface area contributed by atoms with Gasteiger partial charge in [0.1, 0.15) is 24.2 Å². The maximum atomic E-state index is 14.4. The van der Waals surface area contributed by atoms with Crippen LogP contribution in [0.15, 0.2) is 84.9 Å². The van der Waals surface area contributed by atoms with Gasteiger partial charge in [-0.2, -0.15) is 0 Å². The number of benzene rings is 4. The largest absolute Gasteiger partial charge is 0.347 e. The Morgan fingerprint density at radius 1 is 0.588 bits per heavy atom. The van der Waals surface area contributed by atoms with Crippen LogP contribution < -0.4 is 48.1 Å². The van der Waals surface area contributed by atoms with Crippen molar-refractivity contribution < 1.29 is 38.4 Å². The fourth-order valence-corrected chi connectivity index (χ4v) is 12.2. The molecule has 5 aliphatic rings. The van der Waals surface area contributed by atoms with E-state index in [1.807, 2.05) is 60.7 Å². The molecule has 8 amide bonds. The number of carbonyl (C=O) groups is 8. The lowest BCUT2D eigenvalue weighted by Gasteiger charge is -2.32. The standard InChI is InChI=1S/C61H77N11O8/c1-36(63-3)56(75)68-50(60(79)70-31-11-21-52(70)58(77)66-48-19-9-15-38-13-5-7-17-46(38)48)27-29-54(73)65-42-23-25-44-40(34-42)33-41-35-43(24-26-45(41)44)72(62)55(74)30-28-51(69-57(76)37(2)64-4)61(80)71-32-12-22-53(71)59(78)67-49-20-10-16-39-14-6-8-18-47(39)49/h5-8,13-14,17-18,23-26,34-37,48-53,63-64H,9-12,15-16,19-22,27-33,62H2,1-4H3,(H,65,73)(H,66,77)(H,67,78)(H,68,75)(H,69,76)/t36-,37-,48+,49+,50-,51-,52-,53-/m0/s1. The predicted molar refractivity (Wildman–Crippen MR) is 304 cm³/mol. The number of nitrogens with one attached hydrogen (secondary N) is 7. The molecule has 19 nitrogen and oxygen atoms in total. The molecule has 4 aromatic carbocycles. The Kier molecular flexibility index (Phi) is 18.4. The molecule has 3 aliphatic carbocycles. The number of nitrogens with zero attached hydrogens (tertiary/aromatic N) is 3. The number of fused-ring (bicyclic) bond motifs is 5. The third-order valence-electron chi connectivity index (χ3n) is 16.9. The number of amides is 8. The number of anilines is 2. The first-order valence-electron chi connectivity index (χ1n) is 28.6. The average molecular weight is 1090 g/mol. The monoisotopic (exact) mass is 1090 g/mol. The minimum atomic E-state index is -1.09. The molecule has 0 bridgehead atoms. The number of aryl methyl sites for hydroxylation is 2. The summed E-state index contributed by atoms with van der Waals surface area (Å²) in [5.41, 5.74) is 9.34. The van der Waals surface area contributed by atoms with Gasteiger partial charge < -0.3 is 47.0 Å². The molecule has 424 valence electrons. The van der Waals surface area contributed by atoms with E-state index in [2.05, 4.69) is 49.4 Å². The molecule has 2 heterocycles. The Morgan fingerprint density at radius 3 is 1.60 bits per heavy atom. The lowest BCUT2D eigenvalue weighted by molar-refractivity contribution is -0.142. The molecular weight excluding hydrogens is 1010 g/mol. The molecule has 19 heteroatoms. The minimum absolute atomic E-state index is 0.0103. The predicted octanol–water partition coefficient (Wildman–Crippen LogP) is 4.52. The van der Waals surface area contributed by atoms with Crippen LogP contribution in [-0.2, 0) is 57.6 Å². The van der Waals surface area contributed by atoms with Crippen molar-refractivity contribution in [3.8, 4) is 11.1 Å². The fraction of sp³-hybridized carbons (Fsp3) is 0.475. The average Bonchev–Trinajstić information content (AvgIpc) is 4.26. The smallest absolute Gasteiger partial charge is 0.245 e. The molecule has 4 aromatic rings. The summed E-state index contributed by atoms with van der Waals surface area (Å²) in [6.07, 6.45) is 7.84. The van der Waals surface area contributed by atoms with Crippen LogP contribution in [0.3, 0.4) is 0 Å². The van der Waals surface area contributed by atoms with Crippen LogP contribution in [0.2, 0.25) is 0 Å².